The van der Waals surface area contributed by atoms with E-state index in [0.717, 1.165) is 22.3 Å². The maximum Gasteiger partial charge on any atom is 0.333 e. The first-order chi connectivity index (χ1) is 21.9. The van der Waals surface area contributed by atoms with Crippen LogP contribution in [-0.4, -0.2) is 40.2 Å². The largest absolute Gasteiger partial charge is 0.497 e. The average Bonchev–Trinajstić information content (AvgIpc) is 3.46. The zero-order chi connectivity index (χ0) is 31.4. The quantitative estimate of drug-likeness (QED) is 0.155. The summed E-state index contributed by atoms with van der Waals surface area (Å²) in [7, 11) is 1.58. The Labute approximate surface area is 274 Å². The number of halogens is 1. The van der Waals surface area contributed by atoms with Crippen LogP contribution in [0.15, 0.2) is 131 Å². The molecule has 0 saturated carbocycles. The van der Waals surface area contributed by atoms with Crippen molar-refractivity contribution in [3.05, 3.63) is 168 Å². The van der Waals surface area contributed by atoms with Crippen LogP contribution in [0.1, 0.15) is 34.9 Å². The van der Waals surface area contributed by atoms with E-state index in [2.05, 4.69) is 0 Å². The van der Waals surface area contributed by atoms with E-state index >= 15 is 0 Å². The molecule has 1 aliphatic rings. The zero-order valence-electron chi connectivity index (χ0n) is 24.7. The summed E-state index contributed by atoms with van der Waals surface area (Å²) in [4.78, 5) is 26.7. The van der Waals surface area contributed by atoms with Gasteiger partial charge in [0.2, 0.25) is 0 Å². The van der Waals surface area contributed by atoms with Gasteiger partial charge in [0.15, 0.2) is 0 Å². The average molecular weight is 717 g/mol. The maximum atomic E-state index is 13.6. The van der Waals surface area contributed by atoms with Gasteiger partial charge in [0, 0.05) is 12.6 Å². The highest BCUT2D eigenvalue weighted by Crippen LogP contribution is 2.41. The normalized spacial score (nSPS) is 18.2. The van der Waals surface area contributed by atoms with Crippen LogP contribution in [0.3, 0.4) is 0 Å². The van der Waals surface area contributed by atoms with Gasteiger partial charge in [-0.15, -0.1) is 0 Å². The molecule has 1 N–H and O–H groups in total. The van der Waals surface area contributed by atoms with Crippen molar-refractivity contribution in [3.63, 3.8) is 0 Å². The van der Waals surface area contributed by atoms with Crippen LogP contribution in [0.2, 0.25) is 0 Å². The lowest BCUT2D eigenvalue weighted by Gasteiger charge is -2.37. The molecule has 0 unspecified atom stereocenters. The summed E-state index contributed by atoms with van der Waals surface area (Å²) >= 11 is 1.93. The van der Waals surface area contributed by atoms with Crippen molar-refractivity contribution in [3.8, 4) is 5.75 Å². The first-order valence-corrected chi connectivity index (χ1v) is 15.8. The molecule has 0 spiro atoms. The van der Waals surface area contributed by atoms with Crippen molar-refractivity contribution in [2.45, 2.75) is 37.0 Å². The molecule has 1 aliphatic heterocycles. The van der Waals surface area contributed by atoms with Gasteiger partial charge in [0.1, 0.15) is 23.7 Å². The van der Waals surface area contributed by atoms with Crippen LogP contribution in [0.4, 0.5) is 0 Å². The SMILES string of the molecule is COc1ccc(Cn2c(=O)c(I)cn([C@H]3C[C@H](O)[C@@H](COC(c4ccccc4)(c4ccccc4)c4ccccc4)O3)c2=O)cc1. The minimum Gasteiger partial charge on any atom is -0.497 e. The number of ether oxygens (including phenoxy) is 3. The second kappa shape index (κ2) is 13.5. The smallest absolute Gasteiger partial charge is 0.333 e. The fourth-order valence-electron chi connectivity index (χ4n) is 5.86. The van der Waals surface area contributed by atoms with E-state index in [9.17, 15) is 14.7 Å². The monoisotopic (exact) mass is 716 g/mol. The number of methoxy groups -OCH3 is 1. The number of hydrogen-bond acceptors (Lipinski definition) is 6. The summed E-state index contributed by atoms with van der Waals surface area (Å²) in [6.07, 6.45) is -0.742. The molecule has 1 fully saturated rings. The molecule has 1 aromatic heterocycles. The van der Waals surface area contributed by atoms with Gasteiger partial charge < -0.3 is 19.3 Å². The molecule has 1 saturated heterocycles. The van der Waals surface area contributed by atoms with Gasteiger partial charge in [-0.3, -0.25) is 13.9 Å². The molecule has 0 aliphatic carbocycles. The predicted molar refractivity (Wildman–Crippen MR) is 179 cm³/mol. The Morgan fingerprint density at radius 2 is 1.38 bits per heavy atom. The molecule has 2 heterocycles. The van der Waals surface area contributed by atoms with Gasteiger partial charge >= 0.3 is 5.69 Å². The van der Waals surface area contributed by atoms with Gasteiger partial charge in [-0.05, 0) is 57.0 Å². The second-order valence-electron chi connectivity index (χ2n) is 10.9. The van der Waals surface area contributed by atoms with E-state index < -0.39 is 29.7 Å². The van der Waals surface area contributed by atoms with E-state index in [1.807, 2.05) is 126 Å². The van der Waals surface area contributed by atoms with E-state index in [-0.39, 0.29) is 25.1 Å². The number of nitrogens with zero attached hydrogens (tertiary/aromatic N) is 2. The molecule has 3 atom stereocenters. The molecule has 9 heteroatoms. The third kappa shape index (κ3) is 6.26. The van der Waals surface area contributed by atoms with E-state index in [1.165, 1.54) is 15.3 Å². The van der Waals surface area contributed by atoms with Crippen LogP contribution >= 0.6 is 22.6 Å². The minimum absolute atomic E-state index is 0.0493. The third-order valence-corrected chi connectivity index (χ3v) is 8.91. The fraction of sp³-hybridized carbons (Fsp3) is 0.222. The topological polar surface area (TPSA) is 91.9 Å². The molecule has 230 valence electrons. The van der Waals surface area contributed by atoms with Gasteiger partial charge in [-0.25, -0.2) is 4.79 Å². The first kappa shape index (κ1) is 31.0. The maximum absolute atomic E-state index is 13.6. The number of benzene rings is 4. The van der Waals surface area contributed by atoms with E-state index in [0.29, 0.717) is 9.32 Å². The Bertz CT molecular complexity index is 1750. The van der Waals surface area contributed by atoms with Crippen LogP contribution in [0.5, 0.6) is 5.75 Å². The number of hydrogen-bond donors (Lipinski definition) is 1. The molecule has 8 nitrogen and oxygen atoms in total. The highest BCUT2D eigenvalue weighted by Gasteiger charge is 2.42. The van der Waals surface area contributed by atoms with Gasteiger partial charge in [0.25, 0.3) is 5.56 Å². The van der Waals surface area contributed by atoms with Crippen LogP contribution < -0.4 is 16.0 Å². The molecule has 4 aromatic carbocycles. The van der Waals surface area contributed by atoms with Crippen LogP contribution in [-0.2, 0) is 21.6 Å². The molecule has 0 bridgehead atoms. The van der Waals surface area contributed by atoms with E-state index in [1.54, 1.807) is 19.2 Å². The predicted octanol–water partition coefficient (Wildman–Crippen LogP) is 5.33. The fourth-order valence-corrected chi connectivity index (χ4v) is 6.45. The Kier molecular flexibility index (Phi) is 9.32. The van der Waals surface area contributed by atoms with Crippen molar-refractivity contribution in [2.24, 2.45) is 0 Å². The summed E-state index contributed by atoms with van der Waals surface area (Å²) < 4.78 is 21.4. The highest BCUT2D eigenvalue weighted by molar-refractivity contribution is 14.1. The minimum atomic E-state index is -0.983. The lowest BCUT2D eigenvalue weighted by molar-refractivity contribution is -0.0946. The molecule has 6 rings (SSSR count). The van der Waals surface area contributed by atoms with Crippen LogP contribution in [0.25, 0.3) is 0 Å². The second-order valence-corrected chi connectivity index (χ2v) is 12.1. The molecular formula is C36H33IN2O6. The molecule has 5 aromatic rings. The first-order valence-electron chi connectivity index (χ1n) is 14.7. The lowest BCUT2D eigenvalue weighted by Crippen LogP contribution is -2.42. The number of aliphatic hydroxyl groups excluding tert-OH is 1. The van der Waals surface area contributed by atoms with Crippen LogP contribution in [0, 0.1) is 3.57 Å². The Morgan fingerprint density at radius 1 is 0.844 bits per heavy atom. The number of aliphatic hydroxyl groups is 1. The lowest BCUT2D eigenvalue weighted by atomic mass is 9.80. The summed E-state index contributed by atoms with van der Waals surface area (Å²) in [5.74, 6) is 0.684. The third-order valence-electron chi connectivity index (χ3n) is 8.17. The van der Waals surface area contributed by atoms with Crippen molar-refractivity contribution in [1.29, 1.82) is 0 Å². The molecule has 0 amide bonds. The summed E-state index contributed by atoms with van der Waals surface area (Å²) in [6, 6.07) is 37.1. The number of aromatic nitrogens is 2. The van der Waals surface area contributed by atoms with Crippen molar-refractivity contribution in [2.75, 3.05) is 13.7 Å². The molecule has 45 heavy (non-hydrogen) atoms. The molecular weight excluding hydrogens is 683 g/mol. The van der Waals surface area contributed by atoms with Gasteiger partial charge in [-0.1, -0.05) is 103 Å². The summed E-state index contributed by atoms with van der Waals surface area (Å²) in [5.41, 5.74) is 1.70. The summed E-state index contributed by atoms with van der Waals surface area (Å²) in [6.45, 7) is 0.141. The zero-order valence-corrected chi connectivity index (χ0v) is 26.8. The van der Waals surface area contributed by atoms with Crippen molar-refractivity contribution < 1.29 is 19.3 Å². The van der Waals surface area contributed by atoms with Crippen molar-refractivity contribution in [1.82, 2.24) is 9.13 Å². The number of rotatable bonds is 10. The Hall–Kier alpha value is -4.03. The highest BCUT2D eigenvalue weighted by atomic mass is 127. The Morgan fingerprint density at radius 3 is 1.89 bits per heavy atom. The molecule has 0 radical (unpaired) electrons. The van der Waals surface area contributed by atoms with Gasteiger partial charge in [0.05, 0.1) is 29.9 Å². The standard InChI is InChI=1S/C36H33IN2O6/c1-43-29-19-17-25(18-20-29)22-39-34(41)30(37)23-38(35(39)42)33-21-31(40)32(45-33)24-44-36(26-11-5-2-6-12-26,27-13-7-3-8-14-27)28-15-9-4-10-16-28/h2-20,23,31-33,40H,21-22,24H2,1H3/t31-,32+,33+/m0/s1. The van der Waals surface area contributed by atoms with Crippen molar-refractivity contribution >= 4 is 22.6 Å². The van der Waals surface area contributed by atoms with Gasteiger partial charge in [-0.2, -0.15) is 0 Å². The Balaban J connectivity index is 1.30. The summed E-state index contributed by atoms with van der Waals surface area (Å²) in [5, 5.41) is 11.2. The van der Waals surface area contributed by atoms with E-state index in [4.69, 9.17) is 14.2 Å².